The molecule has 7 heteroatoms. The molecule has 2 aromatic rings. The molecule has 0 aliphatic heterocycles. The van der Waals surface area contributed by atoms with Crippen LogP contribution in [0.4, 0.5) is 5.69 Å². The number of aryl methyl sites for hydroxylation is 1. The summed E-state index contributed by atoms with van der Waals surface area (Å²) in [5.41, 5.74) is 0.942. The standard InChI is InChI=1S/C9H9BrClN5/c1-16-14-9(13-15-16)5-12-8-3-2-6(11)4-7(8)10/h2-4,12H,5H2,1H3. The molecule has 0 spiro atoms. The van der Waals surface area contributed by atoms with Gasteiger partial charge in [0.15, 0.2) is 5.82 Å². The molecule has 5 nitrogen and oxygen atoms in total. The summed E-state index contributed by atoms with van der Waals surface area (Å²) in [6.07, 6.45) is 0. The van der Waals surface area contributed by atoms with Crippen molar-refractivity contribution in [3.8, 4) is 0 Å². The molecule has 0 radical (unpaired) electrons. The van der Waals surface area contributed by atoms with E-state index in [1.54, 1.807) is 7.05 Å². The second-order valence-corrected chi connectivity index (χ2v) is 4.46. The number of rotatable bonds is 3. The Bertz CT molecular complexity index is 498. The molecule has 2 rings (SSSR count). The lowest BCUT2D eigenvalue weighted by Gasteiger charge is -2.06. The van der Waals surface area contributed by atoms with Gasteiger partial charge in [-0.2, -0.15) is 4.80 Å². The van der Waals surface area contributed by atoms with Crippen molar-refractivity contribution in [1.82, 2.24) is 20.2 Å². The maximum atomic E-state index is 5.84. The fourth-order valence-corrected chi connectivity index (χ4v) is 2.02. The van der Waals surface area contributed by atoms with Crippen LogP contribution in [0.5, 0.6) is 0 Å². The highest BCUT2D eigenvalue weighted by molar-refractivity contribution is 9.10. The largest absolute Gasteiger partial charge is 0.377 e. The fraction of sp³-hybridized carbons (Fsp3) is 0.222. The summed E-state index contributed by atoms with van der Waals surface area (Å²) in [7, 11) is 1.73. The van der Waals surface area contributed by atoms with Crippen molar-refractivity contribution in [1.29, 1.82) is 0 Å². The summed E-state index contributed by atoms with van der Waals surface area (Å²) in [4.78, 5) is 1.42. The average molecular weight is 303 g/mol. The van der Waals surface area contributed by atoms with E-state index in [1.165, 1.54) is 4.80 Å². The smallest absolute Gasteiger partial charge is 0.193 e. The predicted molar refractivity (Wildman–Crippen MR) is 65.3 cm³/mol. The molecule has 0 unspecified atom stereocenters. The van der Waals surface area contributed by atoms with Crippen LogP contribution in [0.25, 0.3) is 0 Å². The Kier molecular flexibility index (Phi) is 3.40. The monoisotopic (exact) mass is 301 g/mol. The number of tetrazole rings is 1. The number of nitrogens with one attached hydrogen (secondary N) is 1. The molecule has 0 atom stereocenters. The number of benzene rings is 1. The maximum absolute atomic E-state index is 5.84. The Balaban J connectivity index is 2.04. The predicted octanol–water partition coefficient (Wildman–Crippen LogP) is 2.24. The quantitative estimate of drug-likeness (QED) is 0.945. The van der Waals surface area contributed by atoms with Crippen LogP contribution in [-0.2, 0) is 13.6 Å². The molecule has 0 amide bonds. The zero-order chi connectivity index (χ0) is 11.5. The zero-order valence-electron chi connectivity index (χ0n) is 8.48. The lowest BCUT2D eigenvalue weighted by molar-refractivity contribution is 0.628. The Morgan fingerprint density at radius 1 is 1.50 bits per heavy atom. The molecule has 16 heavy (non-hydrogen) atoms. The van der Waals surface area contributed by atoms with Crippen molar-refractivity contribution in [2.75, 3.05) is 5.32 Å². The van der Waals surface area contributed by atoms with Crippen LogP contribution in [0.2, 0.25) is 5.02 Å². The topological polar surface area (TPSA) is 55.6 Å². The van der Waals surface area contributed by atoms with Crippen LogP contribution in [-0.4, -0.2) is 20.2 Å². The zero-order valence-corrected chi connectivity index (χ0v) is 10.8. The number of halogens is 2. The van der Waals surface area contributed by atoms with Gasteiger partial charge in [-0.1, -0.05) is 11.6 Å². The molecule has 0 saturated heterocycles. The molecule has 1 aromatic heterocycles. The summed E-state index contributed by atoms with van der Waals surface area (Å²) in [6, 6.07) is 5.54. The molecule has 0 fully saturated rings. The third-order valence-corrected chi connectivity index (χ3v) is 2.81. The van der Waals surface area contributed by atoms with Gasteiger partial charge in [-0.3, -0.25) is 0 Å². The molecule has 0 saturated carbocycles. The van der Waals surface area contributed by atoms with Gasteiger partial charge in [-0.25, -0.2) is 0 Å². The van der Waals surface area contributed by atoms with E-state index in [-0.39, 0.29) is 0 Å². The van der Waals surface area contributed by atoms with Crippen LogP contribution < -0.4 is 5.32 Å². The summed E-state index contributed by atoms with van der Waals surface area (Å²) in [6.45, 7) is 0.522. The number of hydrogen-bond acceptors (Lipinski definition) is 4. The fourth-order valence-electron chi connectivity index (χ4n) is 1.20. The first-order valence-electron chi connectivity index (χ1n) is 4.57. The Morgan fingerprint density at radius 3 is 2.94 bits per heavy atom. The van der Waals surface area contributed by atoms with Crippen molar-refractivity contribution in [3.05, 3.63) is 33.5 Å². The molecule has 0 aliphatic rings. The van der Waals surface area contributed by atoms with Gasteiger partial charge in [0.05, 0.1) is 13.6 Å². The lowest BCUT2D eigenvalue weighted by atomic mass is 10.3. The molecular formula is C9H9BrClN5. The highest BCUT2D eigenvalue weighted by Crippen LogP contribution is 2.25. The first-order valence-corrected chi connectivity index (χ1v) is 5.74. The van der Waals surface area contributed by atoms with E-state index in [9.17, 15) is 0 Å². The first-order chi connectivity index (χ1) is 7.65. The summed E-state index contributed by atoms with van der Waals surface area (Å²) in [5, 5.41) is 15.6. The van der Waals surface area contributed by atoms with Gasteiger partial charge in [0, 0.05) is 15.2 Å². The Hall–Kier alpha value is -1.14. The molecule has 1 aromatic carbocycles. The minimum atomic E-state index is 0.522. The number of aromatic nitrogens is 4. The Labute approximate surface area is 106 Å². The second-order valence-electron chi connectivity index (χ2n) is 3.17. The molecule has 84 valence electrons. The van der Waals surface area contributed by atoms with E-state index in [0.29, 0.717) is 17.4 Å². The minimum Gasteiger partial charge on any atom is -0.377 e. The molecule has 1 heterocycles. The highest BCUT2D eigenvalue weighted by Gasteiger charge is 2.03. The number of anilines is 1. The second kappa shape index (κ2) is 4.80. The van der Waals surface area contributed by atoms with Crippen LogP contribution in [0, 0.1) is 0 Å². The first kappa shape index (κ1) is 11.3. The minimum absolute atomic E-state index is 0.522. The van der Waals surface area contributed by atoms with Crippen molar-refractivity contribution in [2.45, 2.75) is 6.54 Å². The molecule has 0 bridgehead atoms. The third kappa shape index (κ3) is 2.70. The maximum Gasteiger partial charge on any atom is 0.193 e. The van der Waals surface area contributed by atoms with Gasteiger partial charge < -0.3 is 5.32 Å². The van der Waals surface area contributed by atoms with E-state index in [4.69, 9.17) is 11.6 Å². The summed E-state index contributed by atoms with van der Waals surface area (Å²) < 4.78 is 0.906. The lowest BCUT2D eigenvalue weighted by Crippen LogP contribution is -2.02. The van der Waals surface area contributed by atoms with E-state index in [2.05, 4.69) is 36.7 Å². The van der Waals surface area contributed by atoms with E-state index < -0.39 is 0 Å². The van der Waals surface area contributed by atoms with Crippen molar-refractivity contribution >= 4 is 33.2 Å². The van der Waals surface area contributed by atoms with Crippen LogP contribution in [0.3, 0.4) is 0 Å². The number of nitrogens with zero attached hydrogens (tertiary/aromatic N) is 4. The van der Waals surface area contributed by atoms with Gasteiger partial charge in [-0.05, 0) is 39.3 Å². The van der Waals surface area contributed by atoms with E-state index >= 15 is 0 Å². The van der Waals surface area contributed by atoms with Gasteiger partial charge >= 0.3 is 0 Å². The summed E-state index contributed by atoms with van der Waals surface area (Å²) in [5.74, 6) is 0.643. The van der Waals surface area contributed by atoms with Gasteiger partial charge in [-0.15, -0.1) is 10.2 Å². The molecule has 1 N–H and O–H groups in total. The molecule has 0 aliphatic carbocycles. The SMILES string of the molecule is Cn1nnc(CNc2ccc(Cl)cc2Br)n1. The van der Waals surface area contributed by atoms with Crippen molar-refractivity contribution in [2.24, 2.45) is 7.05 Å². The average Bonchev–Trinajstić information content (AvgIpc) is 2.63. The van der Waals surface area contributed by atoms with Gasteiger partial charge in [0.2, 0.25) is 0 Å². The van der Waals surface area contributed by atoms with Crippen molar-refractivity contribution < 1.29 is 0 Å². The highest BCUT2D eigenvalue weighted by atomic mass is 79.9. The van der Waals surface area contributed by atoms with Gasteiger partial charge in [0.1, 0.15) is 0 Å². The van der Waals surface area contributed by atoms with Crippen LogP contribution >= 0.6 is 27.5 Å². The van der Waals surface area contributed by atoms with Crippen LogP contribution in [0.15, 0.2) is 22.7 Å². The number of hydrogen-bond donors (Lipinski definition) is 1. The Morgan fingerprint density at radius 2 is 2.31 bits per heavy atom. The normalized spacial score (nSPS) is 10.4. The summed E-state index contributed by atoms with van der Waals surface area (Å²) >= 11 is 9.26. The molecular weight excluding hydrogens is 293 g/mol. The van der Waals surface area contributed by atoms with E-state index in [1.807, 2.05) is 18.2 Å². The van der Waals surface area contributed by atoms with Crippen LogP contribution in [0.1, 0.15) is 5.82 Å². The van der Waals surface area contributed by atoms with Gasteiger partial charge in [0.25, 0.3) is 0 Å². The third-order valence-electron chi connectivity index (χ3n) is 1.92. The van der Waals surface area contributed by atoms with Crippen molar-refractivity contribution in [3.63, 3.8) is 0 Å². The van der Waals surface area contributed by atoms with E-state index in [0.717, 1.165) is 10.2 Å².